The maximum atomic E-state index is 11.5. The fraction of sp³-hybridized carbons (Fsp3) is 0.591. The molecule has 0 unspecified atom stereocenters. The second kappa shape index (κ2) is 8.97. The predicted molar refractivity (Wildman–Crippen MR) is 112 cm³/mol. The lowest BCUT2D eigenvalue weighted by atomic mass is 9.89. The second-order valence-corrected chi connectivity index (χ2v) is 8.09. The molecule has 1 aromatic heterocycles. The Balaban J connectivity index is 1.20. The summed E-state index contributed by atoms with van der Waals surface area (Å²) in [5, 5.41) is 7.59. The zero-order valence-electron chi connectivity index (χ0n) is 16.7. The minimum atomic E-state index is -0.297. The van der Waals surface area contributed by atoms with E-state index in [1.54, 1.807) is 0 Å². The van der Waals surface area contributed by atoms with E-state index in [2.05, 4.69) is 51.0 Å². The van der Waals surface area contributed by atoms with Crippen molar-refractivity contribution in [3.63, 3.8) is 0 Å². The van der Waals surface area contributed by atoms with Gasteiger partial charge >= 0.3 is 6.09 Å². The normalized spacial score (nSPS) is 23.9. The fourth-order valence-corrected chi connectivity index (χ4v) is 4.67. The molecule has 2 aliphatic heterocycles. The summed E-state index contributed by atoms with van der Waals surface area (Å²) < 4.78 is 5.44. The number of nitrogens with zero attached hydrogens (tertiary/aromatic N) is 1. The Bertz CT molecular complexity index is 782. The first kappa shape index (κ1) is 19.3. The molecule has 28 heavy (non-hydrogen) atoms. The number of carbonyl (C=O) groups is 1. The van der Waals surface area contributed by atoms with Gasteiger partial charge in [0.25, 0.3) is 0 Å². The van der Waals surface area contributed by atoms with Crippen LogP contribution in [-0.4, -0.2) is 60.8 Å². The van der Waals surface area contributed by atoms with E-state index >= 15 is 0 Å². The van der Waals surface area contributed by atoms with E-state index in [9.17, 15) is 4.79 Å². The first-order valence-electron chi connectivity index (χ1n) is 10.7. The van der Waals surface area contributed by atoms with Crippen LogP contribution in [0.1, 0.15) is 44.1 Å². The minimum Gasteiger partial charge on any atom is -0.445 e. The van der Waals surface area contributed by atoms with Crippen molar-refractivity contribution in [1.82, 2.24) is 20.5 Å². The van der Waals surface area contributed by atoms with Gasteiger partial charge in [0, 0.05) is 42.7 Å². The third-order valence-corrected chi connectivity index (χ3v) is 6.22. The van der Waals surface area contributed by atoms with E-state index in [0.717, 1.165) is 39.0 Å². The van der Waals surface area contributed by atoms with Crippen LogP contribution in [0.25, 0.3) is 10.9 Å². The smallest absolute Gasteiger partial charge is 0.407 e. The summed E-state index contributed by atoms with van der Waals surface area (Å²) in [4.78, 5) is 17.6. The summed E-state index contributed by atoms with van der Waals surface area (Å²) in [6.45, 7) is 6.72. The number of hydrogen-bond donors (Lipinski definition) is 3. The molecule has 2 aromatic rings. The van der Waals surface area contributed by atoms with Crippen molar-refractivity contribution in [2.75, 3.05) is 32.7 Å². The molecule has 6 heteroatoms. The van der Waals surface area contributed by atoms with Gasteiger partial charge in [0.1, 0.15) is 6.10 Å². The Morgan fingerprint density at radius 3 is 2.93 bits per heavy atom. The van der Waals surface area contributed by atoms with Crippen LogP contribution in [0.15, 0.2) is 30.5 Å². The maximum absolute atomic E-state index is 11.5. The third-order valence-electron chi connectivity index (χ3n) is 6.22. The van der Waals surface area contributed by atoms with Gasteiger partial charge in [-0.2, -0.15) is 0 Å². The topological polar surface area (TPSA) is 69.4 Å². The van der Waals surface area contributed by atoms with Crippen LogP contribution >= 0.6 is 0 Å². The van der Waals surface area contributed by atoms with E-state index in [4.69, 9.17) is 4.74 Å². The number of benzene rings is 1. The van der Waals surface area contributed by atoms with E-state index in [1.165, 1.54) is 29.3 Å². The number of amides is 1. The van der Waals surface area contributed by atoms with Gasteiger partial charge in [-0.3, -0.25) is 0 Å². The number of alkyl carbamates (subject to hydrolysis) is 1. The van der Waals surface area contributed by atoms with E-state index < -0.39 is 0 Å². The molecule has 2 fully saturated rings. The number of para-hydroxylation sites is 1. The van der Waals surface area contributed by atoms with Crippen LogP contribution in [0.5, 0.6) is 0 Å². The zero-order chi connectivity index (χ0) is 19.3. The number of ether oxygens (including phenoxy) is 1. The standard InChI is InChI=1S/C22H32N4O2/c1-2-23-22(27)28-18-13-17(24-14-18)9-12-26-10-7-16(8-11-26)20-15-25-21-6-4-3-5-19(20)21/h3-6,15-18,24-25H,2,7-14H2,1H3,(H,23,27)/t17-,18-/m1/s1. The quantitative estimate of drug-likeness (QED) is 0.715. The summed E-state index contributed by atoms with van der Waals surface area (Å²) in [5.41, 5.74) is 2.73. The van der Waals surface area contributed by atoms with E-state index in [1.807, 2.05) is 6.92 Å². The van der Waals surface area contributed by atoms with Gasteiger partial charge in [-0.1, -0.05) is 18.2 Å². The van der Waals surface area contributed by atoms with Crippen LogP contribution in [0.3, 0.4) is 0 Å². The molecule has 2 atom stereocenters. The van der Waals surface area contributed by atoms with E-state index in [-0.39, 0.29) is 12.2 Å². The molecule has 4 rings (SSSR count). The van der Waals surface area contributed by atoms with Gasteiger partial charge in [-0.05, 0) is 63.4 Å². The number of hydrogen-bond acceptors (Lipinski definition) is 4. The molecule has 2 saturated heterocycles. The van der Waals surface area contributed by atoms with E-state index in [0.29, 0.717) is 18.5 Å². The molecule has 3 N–H and O–H groups in total. The minimum absolute atomic E-state index is 0.00385. The van der Waals surface area contributed by atoms with Crippen LogP contribution < -0.4 is 10.6 Å². The lowest BCUT2D eigenvalue weighted by Gasteiger charge is -2.32. The number of rotatable bonds is 6. The lowest BCUT2D eigenvalue weighted by Crippen LogP contribution is -2.36. The fourth-order valence-electron chi connectivity index (χ4n) is 4.67. The van der Waals surface area contributed by atoms with Crippen molar-refractivity contribution >= 4 is 17.0 Å². The molecular weight excluding hydrogens is 352 g/mol. The first-order chi connectivity index (χ1) is 13.7. The largest absolute Gasteiger partial charge is 0.445 e. The molecule has 6 nitrogen and oxygen atoms in total. The van der Waals surface area contributed by atoms with Crippen molar-refractivity contribution in [2.24, 2.45) is 0 Å². The number of fused-ring (bicyclic) bond motifs is 1. The number of nitrogens with one attached hydrogen (secondary N) is 3. The van der Waals surface area contributed by atoms with Gasteiger partial charge in [0.2, 0.25) is 0 Å². The molecule has 0 bridgehead atoms. The van der Waals surface area contributed by atoms with Crippen molar-refractivity contribution < 1.29 is 9.53 Å². The Hall–Kier alpha value is -2.05. The summed E-state index contributed by atoms with van der Waals surface area (Å²) in [7, 11) is 0. The van der Waals surface area contributed by atoms with Gasteiger partial charge < -0.3 is 25.3 Å². The maximum Gasteiger partial charge on any atom is 0.407 e. The highest BCUT2D eigenvalue weighted by molar-refractivity contribution is 5.83. The number of aromatic amines is 1. The number of piperidine rings is 1. The number of carbonyl (C=O) groups excluding carboxylic acids is 1. The molecule has 3 heterocycles. The molecule has 0 saturated carbocycles. The summed E-state index contributed by atoms with van der Waals surface area (Å²) in [6, 6.07) is 9.07. The van der Waals surface area contributed by atoms with Crippen molar-refractivity contribution in [3.8, 4) is 0 Å². The van der Waals surface area contributed by atoms with Crippen LogP contribution in [0.4, 0.5) is 4.79 Å². The predicted octanol–water partition coefficient (Wildman–Crippen LogP) is 3.21. The highest BCUT2D eigenvalue weighted by Crippen LogP contribution is 2.33. The molecule has 1 aromatic carbocycles. The molecule has 2 aliphatic rings. The number of likely N-dealkylation sites (tertiary alicyclic amines) is 1. The average Bonchev–Trinajstić information content (AvgIpc) is 3.34. The monoisotopic (exact) mass is 384 g/mol. The van der Waals surface area contributed by atoms with Crippen LogP contribution in [0.2, 0.25) is 0 Å². The summed E-state index contributed by atoms with van der Waals surface area (Å²) >= 11 is 0. The highest BCUT2D eigenvalue weighted by atomic mass is 16.6. The highest BCUT2D eigenvalue weighted by Gasteiger charge is 2.28. The molecule has 0 radical (unpaired) electrons. The van der Waals surface area contributed by atoms with Crippen molar-refractivity contribution in [1.29, 1.82) is 0 Å². The van der Waals surface area contributed by atoms with Crippen LogP contribution in [-0.2, 0) is 4.74 Å². The Kier molecular flexibility index (Phi) is 6.17. The number of H-pyrrole nitrogens is 1. The third kappa shape index (κ3) is 4.50. The van der Waals surface area contributed by atoms with Gasteiger partial charge in [-0.15, -0.1) is 0 Å². The summed E-state index contributed by atoms with van der Waals surface area (Å²) in [5.74, 6) is 0.659. The SMILES string of the molecule is CCNC(=O)O[C@H]1CN[C@H](CCN2CCC(c3c[nH]c4ccccc34)CC2)C1. The molecule has 0 spiro atoms. The molecule has 0 aliphatic carbocycles. The van der Waals surface area contributed by atoms with Crippen LogP contribution in [0, 0.1) is 0 Å². The molecular formula is C22H32N4O2. The lowest BCUT2D eigenvalue weighted by molar-refractivity contribution is 0.106. The second-order valence-electron chi connectivity index (χ2n) is 8.09. The van der Waals surface area contributed by atoms with Crippen molar-refractivity contribution in [2.45, 2.75) is 50.7 Å². The van der Waals surface area contributed by atoms with Gasteiger partial charge in [0.15, 0.2) is 0 Å². The molecule has 152 valence electrons. The number of aromatic nitrogens is 1. The Morgan fingerprint density at radius 1 is 1.29 bits per heavy atom. The zero-order valence-corrected chi connectivity index (χ0v) is 16.7. The summed E-state index contributed by atoms with van der Waals surface area (Å²) in [6.07, 6.45) is 6.41. The molecule has 1 amide bonds. The van der Waals surface area contributed by atoms with Gasteiger partial charge in [-0.25, -0.2) is 4.79 Å². The Labute approximate surface area is 167 Å². The average molecular weight is 385 g/mol. The first-order valence-corrected chi connectivity index (χ1v) is 10.7. The van der Waals surface area contributed by atoms with Gasteiger partial charge in [0.05, 0.1) is 0 Å². The van der Waals surface area contributed by atoms with Crippen molar-refractivity contribution in [3.05, 3.63) is 36.0 Å². The Morgan fingerprint density at radius 2 is 2.11 bits per heavy atom.